The zero-order chi connectivity index (χ0) is 14.9. The third-order valence-electron chi connectivity index (χ3n) is 4.06. The van der Waals surface area contributed by atoms with E-state index >= 15 is 0 Å². The van der Waals surface area contributed by atoms with Gasteiger partial charge in [-0.3, -0.25) is 5.43 Å². The van der Waals surface area contributed by atoms with Gasteiger partial charge < -0.3 is 0 Å². The van der Waals surface area contributed by atoms with Gasteiger partial charge in [0, 0.05) is 6.54 Å². The molecule has 3 rings (SSSR count). The van der Waals surface area contributed by atoms with Crippen molar-refractivity contribution >= 4 is 10.0 Å². The van der Waals surface area contributed by atoms with E-state index in [0.717, 1.165) is 24.8 Å². The Labute approximate surface area is 124 Å². The molecule has 0 amide bonds. The van der Waals surface area contributed by atoms with Crippen LogP contribution in [0.1, 0.15) is 24.0 Å². The summed E-state index contributed by atoms with van der Waals surface area (Å²) in [6.07, 6.45) is 3.63. The van der Waals surface area contributed by atoms with Crippen LogP contribution in [0, 0.1) is 17.2 Å². The van der Waals surface area contributed by atoms with Crippen molar-refractivity contribution < 1.29 is 8.42 Å². The summed E-state index contributed by atoms with van der Waals surface area (Å²) in [6.45, 7) is 0.424. The highest BCUT2D eigenvalue weighted by molar-refractivity contribution is 7.89. The summed E-state index contributed by atoms with van der Waals surface area (Å²) in [5, 5.41) is 9.00. The van der Waals surface area contributed by atoms with Crippen molar-refractivity contribution in [1.82, 2.24) is 15.6 Å². The highest BCUT2D eigenvalue weighted by atomic mass is 32.2. The maximum atomic E-state index is 12.4. The molecule has 2 unspecified atom stereocenters. The normalized spacial score (nSPS) is 25.3. The molecule has 1 aromatic rings. The SMILES string of the molecule is N#CC1CNNC1NS(=O)(=O)c1ccc2c(c1)CCCC2. The fraction of sp³-hybridized carbons (Fsp3) is 0.500. The van der Waals surface area contributed by atoms with Gasteiger partial charge in [-0.25, -0.2) is 13.8 Å². The standard InChI is InChI=1S/C14H18N4O2S/c15-8-12-9-16-17-14(12)18-21(19,20)13-6-5-10-3-1-2-4-11(10)7-13/h5-7,12,14,16-18H,1-4,9H2. The van der Waals surface area contributed by atoms with E-state index in [1.165, 1.54) is 12.0 Å². The van der Waals surface area contributed by atoms with Crippen molar-refractivity contribution in [2.45, 2.75) is 36.7 Å². The largest absolute Gasteiger partial charge is 0.255 e. The Kier molecular flexibility index (Phi) is 3.95. The molecule has 0 aromatic heterocycles. The molecule has 1 aromatic carbocycles. The minimum atomic E-state index is -3.62. The Balaban J connectivity index is 1.83. The first-order valence-corrected chi connectivity index (χ1v) is 8.60. The molecule has 2 atom stereocenters. The van der Waals surface area contributed by atoms with Crippen LogP contribution in [-0.2, 0) is 22.9 Å². The number of nitrogens with one attached hydrogen (secondary N) is 3. The van der Waals surface area contributed by atoms with Crippen molar-refractivity contribution in [3.63, 3.8) is 0 Å². The average Bonchev–Trinajstić information content (AvgIpc) is 2.93. The fourth-order valence-electron chi connectivity index (χ4n) is 2.84. The highest BCUT2D eigenvalue weighted by Crippen LogP contribution is 2.24. The Morgan fingerprint density at radius 3 is 2.76 bits per heavy atom. The first-order chi connectivity index (χ1) is 10.1. The van der Waals surface area contributed by atoms with E-state index in [4.69, 9.17) is 5.26 Å². The molecular weight excluding hydrogens is 288 g/mol. The third-order valence-corrected chi connectivity index (χ3v) is 5.50. The molecule has 1 aliphatic carbocycles. The molecule has 21 heavy (non-hydrogen) atoms. The van der Waals surface area contributed by atoms with Crippen molar-refractivity contribution in [2.24, 2.45) is 5.92 Å². The number of nitriles is 1. The summed E-state index contributed by atoms with van der Waals surface area (Å²) in [5.41, 5.74) is 7.95. The minimum absolute atomic E-state index is 0.272. The zero-order valence-electron chi connectivity index (χ0n) is 11.6. The number of nitrogens with zero attached hydrogens (tertiary/aromatic N) is 1. The molecule has 0 saturated carbocycles. The van der Waals surface area contributed by atoms with Gasteiger partial charge in [0.15, 0.2) is 0 Å². The lowest BCUT2D eigenvalue weighted by atomic mass is 9.92. The summed E-state index contributed by atoms with van der Waals surface area (Å²) >= 11 is 0. The van der Waals surface area contributed by atoms with E-state index in [9.17, 15) is 8.42 Å². The van der Waals surface area contributed by atoms with Crippen LogP contribution >= 0.6 is 0 Å². The van der Waals surface area contributed by atoms with Gasteiger partial charge in [0.1, 0.15) is 6.17 Å². The summed E-state index contributed by atoms with van der Waals surface area (Å²) in [5.74, 6) is -0.419. The van der Waals surface area contributed by atoms with Crippen molar-refractivity contribution in [1.29, 1.82) is 5.26 Å². The van der Waals surface area contributed by atoms with Gasteiger partial charge in [0.2, 0.25) is 10.0 Å². The van der Waals surface area contributed by atoms with Crippen LogP contribution in [0.3, 0.4) is 0 Å². The van der Waals surface area contributed by atoms with Crippen LogP contribution in [0.4, 0.5) is 0 Å². The van der Waals surface area contributed by atoms with Crippen LogP contribution in [0.2, 0.25) is 0 Å². The van der Waals surface area contributed by atoms with Crippen LogP contribution < -0.4 is 15.6 Å². The second-order valence-electron chi connectivity index (χ2n) is 5.50. The lowest BCUT2D eigenvalue weighted by Gasteiger charge is -2.18. The second-order valence-corrected chi connectivity index (χ2v) is 7.21. The molecule has 1 fully saturated rings. The number of hydrazine groups is 1. The first kappa shape index (κ1) is 14.5. The Morgan fingerprint density at radius 1 is 1.24 bits per heavy atom. The summed E-state index contributed by atoms with van der Waals surface area (Å²) in [7, 11) is -3.62. The summed E-state index contributed by atoms with van der Waals surface area (Å²) in [4.78, 5) is 0.272. The monoisotopic (exact) mass is 306 g/mol. The maximum Gasteiger partial charge on any atom is 0.241 e. The van der Waals surface area contributed by atoms with Crippen LogP contribution in [0.5, 0.6) is 0 Å². The molecule has 112 valence electrons. The molecule has 0 bridgehead atoms. The smallest absolute Gasteiger partial charge is 0.241 e. The number of aryl methyl sites for hydroxylation is 2. The molecule has 7 heteroatoms. The lowest BCUT2D eigenvalue weighted by molar-refractivity contribution is 0.477. The second kappa shape index (κ2) is 5.73. The number of benzene rings is 1. The lowest BCUT2D eigenvalue weighted by Crippen LogP contribution is -2.46. The summed E-state index contributed by atoms with van der Waals surface area (Å²) < 4.78 is 27.4. The Hall–Kier alpha value is -1.46. The van der Waals surface area contributed by atoms with Gasteiger partial charge in [0.05, 0.1) is 16.9 Å². The number of sulfonamides is 1. The quantitative estimate of drug-likeness (QED) is 0.752. The highest BCUT2D eigenvalue weighted by Gasteiger charge is 2.31. The Bertz CT molecular complexity index is 681. The molecular formula is C14H18N4O2S. The number of fused-ring (bicyclic) bond motifs is 1. The Morgan fingerprint density at radius 2 is 2.00 bits per heavy atom. The van der Waals surface area contributed by atoms with E-state index < -0.39 is 22.1 Å². The molecule has 0 radical (unpaired) electrons. The average molecular weight is 306 g/mol. The molecule has 1 aliphatic heterocycles. The van der Waals surface area contributed by atoms with Gasteiger partial charge >= 0.3 is 0 Å². The molecule has 0 spiro atoms. The maximum absolute atomic E-state index is 12.4. The minimum Gasteiger partial charge on any atom is -0.255 e. The van der Waals surface area contributed by atoms with Crippen molar-refractivity contribution in [3.8, 4) is 6.07 Å². The van der Waals surface area contributed by atoms with E-state index in [0.29, 0.717) is 6.54 Å². The van der Waals surface area contributed by atoms with Gasteiger partial charge in [-0.2, -0.15) is 9.98 Å². The van der Waals surface area contributed by atoms with Crippen molar-refractivity contribution in [3.05, 3.63) is 29.3 Å². The fourth-order valence-corrected chi connectivity index (χ4v) is 4.08. The predicted molar refractivity (Wildman–Crippen MR) is 77.4 cm³/mol. The van der Waals surface area contributed by atoms with E-state index in [-0.39, 0.29) is 4.90 Å². The first-order valence-electron chi connectivity index (χ1n) is 7.12. The zero-order valence-corrected chi connectivity index (χ0v) is 12.4. The van der Waals surface area contributed by atoms with Crippen LogP contribution in [0.15, 0.2) is 23.1 Å². The number of rotatable bonds is 3. The van der Waals surface area contributed by atoms with Crippen LogP contribution in [-0.4, -0.2) is 21.1 Å². The molecule has 6 nitrogen and oxygen atoms in total. The van der Waals surface area contributed by atoms with E-state index in [1.54, 1.807) is 12.1 Å². The molecule has 1 heterocycles. The summed E-state index contributed by atoms with van der Waals surface area (Å²) in [6, 6.07) is 7.41. The van der Waals surface area contributed by atoms with E-state index in [1.807, 2.05) is 6.07 Å². The third kappa shape index (κ3) is 2.94. The number of hydrogen-bond acceptors (Lipinski definition) is 5. The number of hydrogen-bond donors (Lipinski definition) is 3. The van der Waals surface area contributed by atoms with Gasteiger partial charge in [-0.05, 0) is 48.9 Å². The van der Waals surface area contributed by atoms with E-state index in [2.05, 4.69) is 21.6 Å². The molecule has 1 saturated heterocycles. The molecule has 3 N–H and O–H groups in total. The van der Waals surface area contributed by atoms with Crippen molar-refractivity contribution in [2.75, 3.05) is 6.54 Å². The topological polar surface area (TPSA) is 94.0 Å². The van der Waals surface area contributed by atoms with Gasteiger partial charge in [0.25, 0.3) is 0 Å². The molecule has 2 aliphatic rings. The predicted octanol–water partition coefficient (Wildman–Crippen LogP) is 0.417. The van der Waals surface area contributed by atoms with Gasteiger partial charge in [-0.1, -0.05) is 6.07 Å². The van der Waals surface area contributed by atoms with Gasteiger partial charge in [-0.15, -0.1) is 0 Å². The van der Waals surface area contributed by atoms with Crippen LogP contribution in [0.25, 0.3) is 0 Å².